The molecule has 0 radical (unpaired) electrons. The molecule has 7 heteroatoms. The molecule has 178 valence electrons. The topological polar surface area (TPSA) is 105 Å². The number of nitrogens with one attached hydrogen (secondary N) is 1. The SMILES string of the molecule is COc1cc2c(cc1OC)C(Cc1ccc(-c3ccc(C)cc3)cc1)NCC2.O=C(O)C(=O)O. The lowest BCUT2D eigenvalue weighted by Gasteiger charge is -2.28. The van der Waals surface area contributed by atoms with Crippen LogP contribution >= 0.6 is 0 Å². The molecule has 3 aromatic rings. The molecule has 0 spiro atoms. The van der Waals surface area contributed by atoms with Gasteiger partial charge in [0.25, 0.3) is 0 Å². The number of carbonyl (C=O) groups is 2. The van der Waals surface area contributed by atoms with Crippen LogP contribution in [0.3, 0.4) is 0 Å². The predicted octanol–water partition coefficient (Wildman–Crippen LogP) is 4.26. The normalized spacial score (nSPS) is 14.3. The van der Waals surface area contributed by atoms with Crippen molar-refractivity contribution in [1.29, 1.82) is 0 Å². The lowest BCUT2D eigenvalue weighted by Crippen LogP contribution is -2.31. The van der Waals surface area contributed by atoms with Gasteiger partial charge in [-0.15, -0.1) is 0 Å². The first-order valence-electron chi connectivity index (χ1n) is 10.9. The van der Waals surface area contributed by atoms with E-state index in [4.69, 9.17) is 29.3 Å². The van der Waals surface area contributed by atoms with E-state index in [0.717, 1.165) is 30.9 Å². The number of aryl methyl sites for hydroxylation is 1. The smallest absolute Gasteiger partial charge is 0.414 e. The Kier molecular flexibility index (Phi) is 8.27. The van der Waals surface area contributed by atoms with E-state index in [1.165, 1.54) is 33.4 Å². The molecule has 1 unspecified atom stereocenters. The highest BCUT2D eigenvalue weighted by Crippen LogP contribution is 2.36. The van der Waals surface area contributed by atoms with Gasteiger partial charge in [-0.3, -0.25) is 0 Å². The highest BCUT2D eigenvalue weighted by molar-refractivity contribution is 6.27. The van der Waals surface area contributed by atoms with E-state index >= 15 is 0 Å². The zero-order chi connectivity index (χ0) is 24.7. The summed E-state index contributed by atoms with van der Waals surface area (Å²) in [5.74, 6) is -2.04. The first kappa shape index (κ1) is 24.8. The lowest BCUT2D eigenvalue weighted by atomic mass is 9.89. The van der Waals surface area contributed by atoms with Gasteiger partial charge in [-0.25, -0.2) is 9.59 Å². The first-order valence-corrected chi connectivity index (χ1v) is 10.9. The second kappa shape index (κ2) is 11.3. The number of methoxy groups -OCH3 is 2. The Morgan fingerprint density at radius 3 is 1.94 bits per heavy atom. The fraction of sp³-hybridized carbons (Fsp3) is 0.259. The Balaban J connectivity index is 0.000000481. The number of hydrogen-bond acceptors (Lipinski definition) is 5. The largest absolute Gasteiger partial charge is 0.493 e. The van der Waals surface area contributed by atoms with E-state index in [-0.39, 0.29) is 6.04 Å². The van der Waals surface area contributed by atoms with Crippen molar-refractivity contribution in [3.8, 4) is 22.6 Å². The van der Waals surface area contributed by atoms with Crippen LogP contribution in [0.25, 0.3) is 11.1 Å². The fourth-order valence-electron chi connectivity index (χ4n) is 3.97. The van der Waals surface area contributed by atoms with Gasteiger partial charge in [0.15, 0.2) is 11.5 Å². The second-order valence-corrected chi connectivity index (χ2v) is 8.04. The van der Waals surface area contributed by atoms with Gasteiger partial charge >= 0.3 is 11.9 Å². The molecule has 1 heterocycles. The number of benzene rings is 3. The molecule has 0 fully saturated rings. The van der Waals surface area contributed by atoms with Gasteiger partial charge < -0.3 is 25.0 Å². The van der Waals surface area contributed by atoms with E-state index in [0.29, 0.717) is 0 Å². The van der Waals surface area contributed by atoms with Crippen LogP contribution in [0.15, 0.2) is 60.7 Å². The van der Waals surface area contributed by atoms with Crippen LogP contribution in [-0.2, 0) is 22.4 Å². The van der Waals surface area contributed by atoms with Gasteiger partial charge in [-0.1, -0.05) is 54.1 Å². The van der Waals surface area contributed by atoms with Crippen molar-refractivity contribution in [1.82, 2.24) is 5.32 Å². The second-order valence-electron chi connectivity index (χ2n) is 8.04. The summed E-state index contributed by atoms with van der Waals surface area (Å²) in [6.07, 6.45) is 1.97. The summed E-state index contributed by atoms with van der Waals surface area (Å²) < 4.78 is 11.0. The van der Waals surface area contributed by atoms with Crippen molar-refractivity contribution >= 4 is 11.9 Å². The van der Waals surface area contributed by atoms with E-state index in [9.17, 15) is 0 Å². The van der Waals surface area contributed by atoms with Crippen molar-refractivity contribution in [2.75, 3.05) is 20.8 Å². The van der Waals surface area contributed by atoms with Crippen LogP contribution in [0, 0.1) is 6.92 Å². The van der Waals surface area contributed by atoms with Gasteiger partial charge in [0, 0.05) is 6.04 Å². The monoisotopic (exact) mass is 463 g/mol. The van der Waals surface area contributed by atoms with Gasteiger partial charge in [0.05, 0.1) is 14.2 Å². The summed E-state index contributed by atoms with van der Waals surface area (Å²) in [5, 5.41) is 18.5. The summed E-state index contributed by atoms with van der Waals surface area (Å²) in [6, 6.07) is 22.2. The highest BCUT2D eigenvalue weighted by atomic mass is 16.5. The summed E-state index contributed by atoms with van der Waals surface area (Å²) >= 11 is 0. The summed E-state index contributed by atoms with van der Waals surface area (Å²) in [5.41, 5.74) is 7.79. The Morgan fingerprint density at radius 2 is 1.41 bits per heavy atom. The third-order valence-electron chi connectivity index (χ3n) is 5.77. The molecule has 0 aliphatic carbocycles. The van der Waals surface area contributed by atoms with Gasteiger partial charge in [0.2, 0.25) is 0 Å². The zero-order valence-corrected chi connectivity index (χ0v) is 19.5. The van der Waals surface area contributed by atoms with Crippen molar-refractivity contribution < 1.29 is 29.3 Å². The van der Waals surface area contributed by atoms with Crippen LogP contribution in [0.1, 0.15) is 28.3 Å². The lowest BCUT2D eigenvalue weighted by molar-refractivity contribution is -0.159. The van der Waals surface area contributed by atoms with E-state index in [2.05, 4.69) is 72.9 Å². The van der Waals surface area contributed by atoms with Gasteiger partial charge in [-0.05, 0) is 66.3 Å². The van der Waals surface area contributed by atoms with Crippen LogP contribution < -0.4 is 14.8 Å². The Morgan fingerprint density at radius 1 is 0.882 bits per heavy atom. The van der Waals surface area contributed by atoms with Crippen molar-refractivity contribution in [2.24, 2.45) is 0 Å². The maximum atomic E-state index is 9.10. The standard InChI is InChI=1S/C25H27NO2.C2H2O4/c1-17-4-8-19(9-5-17)20-10-6-18(7-11-20)14-23-22-16-25(28-3)24(27-2)15-21(22)12-13-26-23;3-1(4)2(5)6/h4-11,15-16,23,26H,12-14H2,1-3H3;(H,3,4)(H,5,6). The number of hydrogen-bond donors (Lipinski definition) is 3. The zero-order valence-electron chi connectivity index (χ0n) is 19.5. The minimum Gasteiger partial charge on any atom is -0.493 e. The molecule has 0 aromatic heterocycles. The molecule has 1 aliphatic heterocycles. The molecule has 7 nitrogen and oxygen atoms in total. The number of carboxylic acid groups (broad SMARTS) is 2. The van der Waals surface area contributed by atoms with Crippen molar-refractivity contribution in [2.45, 2.75) is 25.8 Å². The Bertz CT molecular complexity index is 1130. The molecule has 0 bridgehead atoms. The average molecular weight is 464 g/mol. The molecular formula is C27H29NO6. The van der Waals surface area contributed by atoms with Gasteiger partial charge in [0.1, 0.15) is 0 Å². The van der Waals surface area contributed by atoms with E-state index < -0.39 is 11.9 Å². The summed E-state index contributed by atoms with van der Waals surface area (Å²) in [6.45, 7) is 3.10. The molecule has 4 rings (SSSR count). The number of rotatable bonds is 5. The van der Waals surface area contributed by atoms with Crippen molar-refractivity contribution in [3.63, 3.8) is 0 Å². The Labute approximate surface area is 199 Å². The maximum Gasteiger partial charge on any atom is 0.414 e. The highest BCUT2D eigenvalue weighted by Gasteiger charge is 2.22. The van der Waals surface area contributed by atoms with Gasteiger partial charge in [-0.2, -0.15) is 0 Å². The molecule has 0 amide bonds. The number of carboxylic acids is 2. The van der Waals surface area contributed by atoms with Crippen LogP contribution in [0.4, 0.5) is 0 Å². The number of aliphatic carboxylic acids is 2. The van der Waals surface area contributed by atoms with Crippen LogP contribution in [-0.4, -0.2) is 42.9 Å². The molecule has 34 heavy (non-hydrogen) atoms. The molecule has 0 saturated carbocycles. The Hall–Kier alpha value is -3.84. The van der Waals surface area contributed by atoms with E-state index in [1.807, 2.05) is 0 Å². The third kappa shape index (κ3) is 6.14. The van der Waals surface area contributed by atoms with Crippen LogP contribution in [0.5, 0.6) is 11.5 Å². The number of fused-ring (bicyclic) bond motifs is 1. The fourth-order valence-corrected chi connectivity index (χ4v) is 3.97. The summed E-state index contributed by atoms with van der Waals surface area (Å²) in [4.78, 5) is 18.2. The molecule has 3 N–H and O–H groups in total. The minimum absolute atomic E-state index is 0.286. The molecule has 1 atom stereocenters. The molecular weight excluding hydrogens is 434 g/mol. The molecule has 0 saturated heterocycles. The number of ether oxygens (including phenoxy) is 2. The maximum absolute atomic E-state index is 9.10. The molecule has 3 aromatic carbocycles. The average Bonchev–Trinajstić information content (AvgIpc) is 2.84. The molecule has 1 aliphatic rings. The quantitative estimate of drug-likeness (QED) is 0.486. The van der Waals surface area contributed by atoms with Crippen LogP contribution in [0.2, 0.25) is 0 Å². The summed E-state index contributed by atoms with van der Waals surface area (Å²) in [7, 11) is 3.39. The third-order valence-corrected chi connectivity index (χ3v) is 5.77. The van der Waals surface area contributed by atoms with Crippen molar-refractivity contribution in [3.05, 3.63) is 82.9 Å². The minimum atomic E-state index is -1.82. The van der Waals surface area contributed by atoms with E-state index in [1.54, 1.807) is 14.2 Å². The predicted molar refractivity (Wildman–Crippen MR) is 130 cm³/mol. The first-order chi connectivity index (χ1) is 16.3.